The summed E-state index contributed by atoms with van der Waals surface area (Å²) >= 11 is 0. The molecule has 1 amide bonds. The summed E-state index contributed by atoms with van der Waals surface area (Å²) in [6, 6.07) is 20.0. The molecule has 0 spiro atoms. The van der Waals surface area contributed by atoms with Crippen LogP contribution in [0.25, 0.3) is 0 Å². The smallest absolute Gasteiger partial charge is 0.343 e. The largest absolute Gasteiger partial charge is 0.482 e. The van der Waals surface area contributed by atoms with Gasteiger partial charge in [-0.15, -0.1) is 0 Å². The number of methoxy groups -OCH3 is 1. The van der Waals surface area contributed by atoms with Crippen LogP contribution >= 0.6 is 0 Å². The number of anilines is 1. The molecule has 3 aromatic carbocycles. The minimum Gasteiger partial charge on any atom is -0.482 e. The predicted molar refractivity (Wildman–Crippen MR) is 124 cm³/mol. The van der Waals surface area contributed by atoms with Gasteiger partial charge >= 0.3 is 5.97 Å². The van der Waals surface area contributed by atoms with Gasteiger partial charge in [-0.1, -0.05) is 36.4 Å². The molecule has 0 bridgehead atoms. The third kappa shape index (κ3) is 6.64. The van der Waals surface area contributed by atoms with E-state index in [1.165, 1.54) is 19.2 Å². The first-order valence-corrected chi connectivity index (χ1v) is 11.5. The summed E-state index contributed by atoms with van der Waals surface area (Å²) in [6.07, 6.45) is 0. The first-order chi connectivity index (χ1) is 15.8. The summed E-state index contributed by atoms with van der Waals surface area (Å²) in [5.74, 6) is -0.515. The lowest BCUT2D eigenvalue weighted by atomic mass is 10.1. The number of esters is 1. The number of benzene rings is 3. The monoisotopic (exact) mass is 468 g/mol. The normalized spacial score (nSPS) is 11.0. The molecule has 0 aromatic heterocycles. The Morgan fingerprint density at radius 2 is 1.64 bits per heavy atom. The number of rotatable bonds is 9. The number of hydrogen-bond donors (Lipinski definition) is 2. The molecule has 0 aliphatic carbocycles. The summed E-state index contributed by atoms with van der Waals surface area (Å²) in [5.41, 5.74) is 2.18. The quantitative estimate of drug-likeness (QED) is 0.467. The van der Waals surface area contributed by atoms with E-state index in [-0.39, 0.29) is 23.6 Å². The van der Waals surface area contributed by atoms with Crippen molar-refractivity contribution < 1.29 is 27.5 Å². The van der Waals surface area contributed by atoms with E-state index in [1.807, 2.05) is 30.3 Å². The van der Waals surface area contributed by atoms with Crippen molar-refractivity contribution in [3.8, 4) is 5.75 Å². The van der Waals surface area contributed by atoms with E-state index in [4.69, 9.17) is 4.74 Å². The zero-order valence-corrected chi connectivity index (χ0v) is 19.0. The summed E-state index contributed by atoms with van der Waals surface area (Å²) in [5, 5.41) is 2.74. The topological polar surface area (TPSA) is 111 Å². The number of sulfonamides is 1. The van der Waals surface area contributed by atoms with Crippen molar-refractivity contribution in [1.29, 1.82) is 0 Å². The fourth-order valence-electron chi connectivity index (χ4n) is 2.90. The van der Waals surface area contributed by atoms with Crippen molar-refractivity contribution in [1.82, 2.24) is 4.72 Å². The average Bonchev–Trinajstić information content (AvgIpc) is 2.83. The zero-order valence-electron chi connectivity index (χ0n) is 18.2. The van der Waals surface area contributed by atoms with E-state index in [9.17, 15) is 18.0 Å². The highest BCUT2D eigenvalue weighted by Gasteiger charge is 2.18. The van der Waals surface area contributed by atoms with Crippen molar-refractivity contribution in [2.45, 2.75) is 18.4 Å². The Bertz CT molecular complexity index is 1230. The summed E-state index contributed by atoms with van der Waals surface area (Å²) in [4.78, 5) is 24.0. The summed E-state index contributed by atoms with van der Waals surface area (Å²) in [7, 11) is -2.54. The van der Waals surface area contributed by atoms with Gasteiger partial charge in [0.05, 0.1) is 12.0 Å². The number of nitrogens with one attached hydrogen (secondary N) is 2. The molecule has 2 N–H and O–H groups in total. The van der Waals surface area contributed by atoms with Crippen LogP contribution in [-0.2, 0) is 26.1 Å². The van der Waals surface area contributed by atoms with Crippen molar-refractivity contribution in [3.05, 3.63) is 89.5 Å². The molecule has 0 atom stereocenters. The minimum absolute atomic E-state index is 0.000685. The second kappa shape index (κ2) is 10.8. The van der Waals surface area contributed by atoms with Gasteiger partial charge < -0.3 is 14.8 Å². The van der Waals surface area contributed by atoms with Gasteiger partial charge in [-0.25, -0.2) is 17.9 Å². The van der Waals surface area contributed by atoms with Gasteiger partial charge in [-0.2, -0.15) is 0 Å². The standard InChI is InChI=1S/C24H24N2O6S/c1-17-8-13-21(33(29,30)25-15-18-6-4-3-5-7-18)14-22(17)24(28)26-19-9-11-20(12-10-19)32-16-23(27)31-2/h3-14,25H,15-16H2,1-2H3,(H,26,28). The van der Waals surface area contributed by atoms with Crippen LogP contribution in [0.5, 0.6) is 5.75 Å². The molecule has 3 aromatic rings. The highest BCUT2D eigenvalue weighted by atomic mass is 32.2. The number of hydrogen-bond acceptors (Lipinski definition) is 6. The molecular formula is C24H24N2O6S. The Kier molecular flexibility index (Phi) is 7.81. The number of carbonyl (C=O) groups excluding carboxylic acids is 2. The Hall–Kier alpha value is -3.69. The molecule has 0 radical (unpaired) electrons. The molecule has 9 heteroatoms. The molecule has 0 saturated carbocycles. The molecule has 172 valence electrons. The maximum Gasteiger partial charge on any atom is 0.343 e. The van der Waals surface area contributed by atoms with E-state index in [1.54, 1.807) is 37.3 Å². The third-order valence-corrected chi connectivity index (χ3v) is 6.17. The molecule has 3 rings (SSSR count). The molecule has 0 fully saturated rings. The number of carbonyl (C=O) groups is 2. The highest BCUT2D eigenvalue weighted by molar-refractivity contribution is 7.89. The first kappa shape index (κ1) is 24.0. The lowest BCUT2D eigenvalue weighted by Crippen LogP contribution is -2.24. The number of aryl methyl sites for hydroxylation is 1. The third-order valence-electron chi connectivity index (χ3n) is 4.77. The van der Waals surface area contributed by atoms with Crippen molar-refractivity contribution in [3.63, 3.8) is 0 Å². The van der Waals surface area contributed by atoms with Crippen LogP contribution in [0, 0.1) is 6.92 Å². The number of ether oxygens (including phenoxy) is 2. The van der Waals surface area contributed by atoms with Crippen molar-refractivity contribution in [2.24, 2.45) is 0 Å². The zero-order chi connectivity index (χ0) is 23.8. The molecule has 0 heterocycles. The van der Waals surface area contributed by atoms with Crippen LogP contribution in [0.15, 0.2) is 77.7 Å². The second-order valence-corrected chi connectivity index (χ2v) is 8.90. The Labute approximate surface area is 192 Å². The Morgan fingerprint density at radius 3 is 2.30 bits per heavy atom. The fourth-order valence-corrected chi connectivity index (χ4v) is 3.95. The van der Waals surface area contributed by atoms with Crippen LogP contribution in [-0.4, -0.2) is 34.0 Å². The second-order valence-electron chi connectivity index (χ2n) is 7.13. The fraction of sp³-hybridized carbons (Fsp3) is 0.167. The van der Waals surface area contributed by atoms with Crippen LogP contribution in [0.2, 0.25) is 0 Å². The van der Waals surface area contributed by atoms with Crippen molar-refractivity contribution >= 4 is 27.6 Å². The summed E-state index contributed by atoms with van der Waals surface area (Å²) < 4.78 is 37.8. The van der Waals surface area contributed by atoms with E-state index in [0.29, 0.717) is 17.0 Å². The predicted octanol–water partition coefficient (Wildman–Crippen LogP) is 3.28. The summed E-state index contributed by atoms with van der Waals surface area (Å²) in [6.45, 7) is 1.65. The van der Waals surface area contributed by atoms with Crippen LogP contribution in [0.3, 0.4) is 0 Å². The maximum absolute atomic E-state index is 12.8. The Morgan fingerprint density at radius 1 is 0.939 bits per heavy atom. The van der Waals surface area contributed by atoms with E-state index >= 15 is 0 Å². The van der Waals surface area contributed by atoms with Gasteiger partial charge in [0.2, 0.25) is 10.0 Å². The van der Waals surface area contributed by atoms with Gasteiger partial charge in [-0.3, -0.25) is 4.79 Å². The molecule has 0 aliphatic heterocycles. The van der Waals surface area contributed by atoms with E-state index in [2.05, 4.69) is 14.8 Å². The van der Waals surface area contributed by atoms with E-state index < -0.39 is 21.9 Å². The van der Waals surface area contributed by atoms with Crippen molar-refractivity contribution in [2.75, 3.05) is 19.0 Å². The Balaban J connectivity index is 1.69. The highest BCUT2D eigenvalue weighted by Crippen LogP contribution is 2.20. The SMILES string of the molecule is COC(=O)COc1ccc(NC(=O)c2cc(S(=O)(=O)NCc3ccccc3)ccc2C)cc1. The van der Waals surface area contributed by atoms with Gasteiger partial charge in [0, 0.05) is 17.8 Å². The average molecular weight is 469 g/mol. The molecular weight excluding hydrogens is 444 g/mol. The lowest BCUT2D eigenvalue weighted by molar-refractivity contribution is -0.142. The molecule has 0 unspecified atom stereocenters. The number of amides is 1. The van der Waals surface area contributed by atoms with E-state index in [0.717, 1.165) is 5.56 Å². The van der Waals surface area contributed by atoms with Gasteiger partial charge in [0.25, 0.3) is 5.91 Å². The maximum atomic E-state index is 12.8. The first-order valence-electron chi connectivity index (χ1n) is 10.0. The lowest BCUT2D eigenvalue weighted by Gasteiger charge is -2.12. The van der Waals surface area contributed by atoms with Gasteiger partial charge in [0.15, 0.2) is 6.61 Å². The molecule has 0 saturated heterocycles. The minimum atomic E-state index is -3.81. The van der Waals surface area contributed by atoms with Crippen LogP contribution < -0.4 is 14.8 Å². The molecule has 0 aliphatic rings. The van der Waals surface area contributed by atoms with Crippen LogP contribution in [0.1, 0.15) is 21.5 Å². The van der Waals surface area contributed by atoms with Gasteiger partial charge in [-0.05, 0) is 54.4 Å². The molecule has 8 nitrogen and oxygen atoms in total. The van der Waals surface area contributed by atoms with Crippen LogP contribution in [0.4, 0.5) is 5.69 Å². The molecule has 33 heavy (non-hydrogen) atoms. The van der Waals surface area contributed by atoms with Gasteiger partial charge in [0.1, 0.15) is 5.75 Å².